The summed E-state index contributed by atoms with van der Waals surface area (Å²) in [6.07, 6.45) is 4.79. The summed E-state index contributed by atoms with van der Waals surface area (Å²) in [6.45, 7) is 0. The van der Waals surface area contributed by atoms with Gasteiger partial charge < -0.3 is 5.11 Å². The zero-order valence-corrected chi connectivity index (χ0v) is 13.9. The Morgan fingerprint density at radius 1 is 1.23 bits per heavy atom. The van der Waals surface area contributed by atoms with Gasteiger partial charge in [0.2, 0.25) is 0 Å². The summed E-state index contributed by atoms with van der Waals surface area (Å²) in [6, 6.07) is 3.12. The van der Waals surface area contributed by atoms with Gasteiger partial charge in [-0.25, -0.2) is 8.78 Å². The van der Waals surface area contributed by atoms with Crippen molar-refractivity contribution < 1.29 is 13.9 Å². The van der Waals surface area contributed by atoms with Crippen LogP contribution >= 0.6 is 0 Å². The van der Waals surface area contributed by atoms with Gasteiger partial charge >= 0.3 is 0 Å². The smallest absolute Gasteiger partial charge is 0.175 e. The third-order valence-corrected chi connectivity index (χ3v) is 6.03. The molecule has 0 radical (unpaired) electrons. The van der Waals surface area contributed by atoms with Gasteiger partial charge in [0.25, 0.3) is 0 Å². The fourth-order valence-electron chi connectivity index (χ4n) is 5.14. The third kappa shape index (κ3) is 2.26. The fourth-order valence-corrected chi connectivity index (χ4v) is 5.14. The predicted octanol–water partition coefficient (Wildman–Crippen LogP) is 1.94. The number of aliphatic hydroxyl groups excluding tert-OH is 1. The number of tetrazole rings is 1. The van der Waals surface area contributed by atoms with Gasteiger partial charge in [-0.2, -0.15) is 10.3 Å². The van der Waals surface area contributed by atoms with E-state index in [1.165, 1.54) is 12.1 Å². The van der Waals surface area contributed by atoms with E-state index in [0.29, 0.717) is 17.8 Å². The SMILES string of the molecule is OC(N1N=CCC1c1cc(F)cc(F)c1)C12CC(Cc3nn[nH]n3)(C1)C2. The molecular formula is C17H18F2N6O. The lowest BCUT2D eigenvalue weighted by Gasteiger charge is -2.72. The summed E-state index contributed by atoms with van der Waals surface area (Å²) >= 11 is 0. The van der Waals surface area contributed by atoms with Crippen LogP contribution in [0.2, 0.25) is 0 Å². The number of nitrogens with one attached hydrogen (secondary N) is 1. The van der Waals surface area contributed by atoms with Gasteiger partial charge in [0.1, 0.15) is 17.9 Å². The molecular weight excluding hydrogens is 342 g/mol. The second kappa shape index (κ2) is 5.29. The number of aromatic amines is 1. The second-order valence-corrected chi connectivity index (χ2v) is 7.90. The molecule has 0 saturated heterocycles. The van der Waals surface area contributed by atoms with Crippen LogP contribution in [0.15, 0.2) is 23.3 Å². The van der Waals surface area contributed by atoms with E-state index < -0.39 is 17.9 Å². The molecule has 2 N–H and O–H groups in total. The first kappa shape index (κ1) is 15.8. The lowest BCUT2D eigenvalue weighted by molar-refractivity contribution is -0.292. The maximum atomic E-state index is 13.6. The van der Waals surface area contributed by atoms with Crippen molar-refractivity contribution in [2.24, 2.45) is 15.9 Å². The molecule has 2 atom stereocenters. The average molecular weight is 360 g/mol. The highest BCUT2D eigenvalue weighted by molar-refractivity contribution is 5.61. The Morgan fingerprint density at radius 2 is 1.96 bits per heavy atom. The van der Waals surface area contributed by atoms with Crippen molar-refractivity contribution in [2.45, 2.75) is 44.4 Å². The molecule has 9 heteroatoms. The molecule has 3 fully saturated rings. The van der Waals surface area contributed by atoms with Crippen molar-refractivity contribution in [3.05, 3.63) is 41.2 Å². The van der Waals surface area contributed by atoms with Crippen LogP contribution in [-0.4, -0.2) is 43.2 Å². The van der Waals surface area contributed by atoms with E-state index in [2.05, 4.69) is 25.7 Å². The molecule has 3 aliphatic carbocycles. The number of aromatic nitrogens is 4. The van der Waals surface area contributed by atoms with E-state index in [1.807, 2.05) is 0 Å². The van der Waals surface area contributed by atoms with Crippen molar-refractivity contribution in [3.8, 4) is 0 Å². The summed E-state index contributed by atoms with van der Waals surface area (Å²) in [4.78, 5) is 0. The Morgan fingerprint density at radius 3 is 2.62 bits per heavy atom. The number of rotatable bonds is 5. The van der Waals surface area contributed by atoms with Crippen molar-refractivity contribution in [1.29, 1.82) is 0 Å². The molecule has 2 bridgehead atoms. The van der Waals surface area contributed by atoms with Crippen molar-refractivity contribution in [3.63, 3.8) is 0 Å². The van der Waals surface area contributed by atoms with Crippen LogP contribution in [-0.2, 0) is 6.42 Å². The first-order chi connectivity index (χ1) is 12.5. The zero-order valence-electron chi connectivity index (χ0n) is 13.9. The Bertz CT molecular complexity index is 830. The number of hydrazone groups is 1. The van der Waals surface area contributed by atoms with Crippen molar-refractivity contribution in [2.75, 3.05) is 0 Å². The maximum absolute atomic E-state index is 13.6. The number of hydrogen-bond acceptors (Lipinski definition) is 6. The Labute approximate surface area is 148 Å². The fraction of sp³-hybridized carbons (Fsp3) is 0.529. The van der Waals surface area contributed by atoms with E-state index >= 15 is 0 Å². The number of nitrogens with zero attached hydrogens (tertiary/aromatic N) is 5. The Balaban J connectivity index is 1.30. The van der Waals surface area contributed by atoms with Crippen LogP contribution in [0.1, 0.15) is 43.1 Å². The second-order valence-electron chi connectivity index (χ2n) is 7.90. The van der Waals surface area contributed by atoms with Gasteiger partial charge in [-0.05, 0) is 42.4 Å². The van der Waals surface area contributed by atoms with E-state index in [-0.39, 0.29) is 16.9 Å². The zero-order chi connectivity index (χ0) is 17.9. The topological polar surface area (TPSA) is 90.3 Å². The van der Waals surface area contributed by atoms with Crippen LogP contribution in [0.3, 0.4) is 0 Å². The monoisotopic (exact) mass is 360 g/mol. The lowest BCUT2D eigenvalue weighted by atomic mass is 9.33. The number of halogens is 2. The molecule has 7 nitrogen and oxygen atoms in total. The Hall–Kier alpha value is -2.42. The summed E-state index contributed by atoms with van der Waals surface area (Å²) in [5.74, 6) is -0.545. The van der Waals surface area contributed by atoms with E-state index in [9.17, 15) is 13.9 Å². The van der Waals surface area contributed by atoms with Gasteiger partial charge in [0, 0.05) is 30.5 Å². The molecule has 0 spiro atoms. The minimum Gasteiger partial charge on any atom is -0.371 e. The van der Waals surface area contributed by atoms with Crippen molar-refractivity contribution in [1.82, 2.24) is 25.6 Å². The molecule has 26 heavy (non-hydrogen) atoms. The van der Waals surface area contributed by atoms with Gasteiger partial charge in [0.15, 0.2) is 5.82 Å². The molecule has 2 heterocycles. The van der Waals surface area contributed by atoms with Crippen LogP contribution in [0.25, 0.3) is 0 Å². The number of hydrogen-bond donors (Lipinski definition) is 2. The van der Waals surface area contributed by atoms with Crippen LogP contribution in [0, 0.1) is 22.5 Å². The highest BCUT2D eigenvalue weighted by atomic mass is 19.1. The van der Waals surface area contributed by atoms with E-state index in [4.69, 9.17) is 0 Å². The number of benzene rings is 1. The number of H-pyrrole nitrogens is 1. The Kier molecular flexibility index (Phi) is 3.22. The highest BCUT2D eigenvalue weighted by Gasteiger charge is 2.71. The summed E-state index contributed by atoms with van der Waals surface area (Å²) in [7, 11) is 0. The molecule has 0 amide bonds. The van der Waals surface area contributed by atoms with Gasteiger partial charge in [-0.15, -0.1) is 10.2 Å². The predicted molar refractivity (Wildman–Crippen MR) is 86.7 cm³/mol. The standard InChI is InChI=1S/C17H18F2N6O/c18-11-3-10(4-12(19)5-11)13-1-2-20-25(13)15(26)17-7-16(8-17,9-17)6-14-21-23-24-22-14/h2-5,13,15,26H,1,6-9H2,(H,21,22,23,24). The van der Waals surface area contributed by atoms with Gasteiger partial charge in [-0.3, -0.25) is 5.01 Å². The minimum atomic E-state index is -0.773. The molecule has 1 aromatic carbocycles. The summed E-state index contributed by atoms with van der Waals surface area (Å²) in [5.41, 5.74) is 0.414. The van der Waals surface area contributed by atoms with Gasteiger partial charge in [-0.1, -0.05) is 5.21 Å². The quantitative estimate of drug-likeness (QED) is 0.850. The van der Waals surface area contributed by atoms with E-state index in [1.54, 1.807) is 11.2 Å². The first-order valence-corrected chi connectivity index (χ1v) is 8.66. The molecule has 1 aliphatic heterocycles. The van der Waals surface area contributed by atoms with Gasteiger partial charge in [0.05, 0.1) is 6.04 Å². The summed E-state index contributed by atoms with van der Waals surface area (Å²) in [5, 5.41) is 30.9. The van der Waals surface area contributed by atoms with Crippen LogP contribution in [0.4, 0.5) is 8.78 Å². The lowest BCUT2D eigenvalue weighted by Crippen LogP contribution is -2.70. The largest absolute Gasteiger partial charge is 0.371 e. The highest BCUT2D eigenvalue weighted by Crippen LogP contribution is 2.76. The normalized spacial score (nSPS) is 33.0. The van der Waals surface area contributed by atoms with E-state index in [0.717, 1.165) is 31.7 Å². The van der Waals surface area contributed by atoms with Crippen LogP contribution < -0.4 is 0 Å². The van der Waals surface area contributed by atoms with Crippen LogP contribution in [0.5, 0.6) is 0 Å². The number of aliphatic hydroxyl groups is 1. The minimum absolute atomic E-state index is 0.134. The molecule has 136 valence electrons. The molecule has 3 saturated carbocycles. The maximum Gasteiger partial charge on any atom is 0.175 e. The molecule has 2 unspecified atom stereocenters. The first-order valence-electron chi connectivity index (χ1n) is 8.66. The third-order valence-electron chi connectivity index (χ3n) is 6.03. The molecule has 6 rings (SSSR count). The van der Waals surface area contributed by atoms with Crippen molar-refractivity contribution >= 4 is 6.21 Å². The molecule has 2 aromatic rings. The average Bonchev–Trinajstić information content (AvgIpc) is 3.19. The molecule has 4 aliphatic rings. The molecule has 1 aromatic heterocycles. The summed E-state index contributed by atoms with van der Waals surface area (Å²) < 4.78 is 27.2.